The highest BCUT2D eigenvalue weighted by molar-refractivity contribution is 7.07. The summed E-state index contributed by atoms with van der Waals surface area (Å²) in [7, 11) is 0. The van der Waals surface area contributed by atoms with Gasteiger partial charge < -0.3 is 4.74 Å². The van der Waals surface area contributed by atoms with Crippen molar-refractivity contribution in [2.45, 2.75) is 13.8 Å². The lowest BCUT2D eigenvalue weighted by Gasteiger charge is -2.03. The zero-order chi connectivity index (χ0) is 15.6. The Morgan fingerprint density at radius 3 is 2.52 bits per heavy atom. The number of benzene rings is 1. The van der Waals surface area contributed by atoms with Gasteiger partial charge in [-0.1, -0.05) is 23.2 Å². The van der Waals surface area contributed by atoms with Gasteiger partial charge in [-0.3, -0.25) is 9.59 Å². The average Bonchev–Trinajstić information content (AvgIpc) is 2.76. The van der Waals surface area contributed by atoms with Crippen LogP contribution in [-0.2, 0) is 4.79 Å². The molecule has 0 unspecified atom stereocenters. The number of halogens is 2. The van der Waals surface area contributed by atoms with Gasteiger partial charge in [-0.2, -0.15) is 0 Å². The Hall–Kier alpha value is -1.63. The second-order valence-electron chi connectivity index (χ2n) is 4.01. The third-order valence-corrected chi connectivity index (χ3v) is 3.91. The number of ether oxygens (including phenoxy) is 1. The lowest BCUT2D eigenvalue weighted by molar-refractivity contribution is -0.132. The minimum atomic E-state index is -0.510. The van der Waals surface area contributed by atoms with E-state index in [1.54, 1.807) is 23.6 Å². The second kappa shape index (κ2) is 6.43. The number of carbonyl (C=O) groups is 2. The molecule has 0 bridgehead atoms. The van der Waals surface area contributed by atoms with Gasteiger partial charge in [0.25, 0.3) is 0 Å². The highest BCUT2D eigenvalue weighted by Gasteiger charge is 2.12. The summed E-state index contributed by atoms with van der Waals surface area (Å²) in [6, 6.07) is 4.87. The van der Waals surface area contributed by atoms with Crippen molar-refractivity contribution in [1.82, 2.24) is 4.57 Å². The fourth-order valence-corrected chi connectivity index (χ4v) is 2.69. The fraction of sp³-hybridized carbons (Fsp3) is 0.154. The molecule has 0 atom stereocenters. The number of esters is 1. The van der Waals surface area contributed by atoms with Crippen LogP contribution in [0.1, 0.15) is 18.6 Å². The number of hydrogen-bond acceptors (Lipinski definition) is 5. The van der Waals surface area contributed by atoms with Crippen LogP contribution in [0.3, 0.4) is 0 Å². The SMILES string of the molecule is CC(=O)Oc1csc(=Nc2ccc(Cl)c(Cl)c2)n1C(C)=O. The molecule has 0 fully saturated rings. The van der Waals surface area contributed by atoms with Crippen LogP contribution in [0.4, 0.5) is 5.69 Å². The van der Waals surface area contributed by atoms with Crippen LogP contribution in [0.15, 0.2) is 28.6 Å². The zero-order valence-corrected chi connectivity index (χ0v) is 13.4. The third kappa shape index (κ3) is 3.72. The number of rotatable bonds is 2. The first-order valence-corrected chi connectivity index (χ1v) is 7.41. The Morgan fingerprint density at radius 2 is 1.95 bits per heavy atom. The normalized spacial score (nSPS) is 11.5. The summed E-state index contributed by atoms with van der Waals surface area (Å²) in [6.07, 6.45) is 0. The Balaban J connectivity index is 2.54. The van der Waals surface area contributed by atoms with E-state index >= 15 is 0 Å². The van der Waals surface area contributed by atoms with E-state index in [1.807, 2.05) is 0 Å². The Kier molecular flexibility index (Phi) is 4.82. The van der Waals surface area contributed by atoms with E-state index in [2.05, 4.69) is 4.99 Å². The summed E-state index contributed by atoms with van der Waals surface area (Å²) in [5.74, 6) is -0.686. The average molecular weight is 345 g/mol. The molecule has 2 aromatic rings. The van der Waals surface area contributed by atoms with Crippen molar-refractivity contribution in [1.29, 1.82) is 0 Å². The van der Waals surface area contributed by atoms with E-state index < -0.39 is 5.97 Å². The van der Waals surface area contributed by atoms with Gasteiger partial charge in [0, 0.05) is 13.8 Å². The van der Waals surface area contributed by atoms with Crippen molar-refractivity contribution in [3.8, 4) is 5.88 Å². The molecule has 0 spiro atoms. The summed E-state index contributed by atoms with van der Waals surface area (Å²) >= 11 is 12.9. The van der Waals surface area contributed by atoms with Gasteiger partial charge in [0.2, 0.25) is 11.8 Å². The first kappa shape index (κ1) is 15.8. The number of thiazole rings is 1. The fourth-order valence-electron chi connectivity index (χ4n) is 1.55. The van der Waals surface area contributed by atoms with Crippen LogP contribution >= 0.6 is 34.5 Å². The second-order valence-corrected chi connectivity index (χ2v) is 5.67. The molecule has 0 radical (unpaired) electrons. The molecular weight excluding hydrogens is 335 g/mol. The number of nitrogens with zero attached hydrogens (tertiary/aromatic N) is 2. The van der Waals surface area contributed by atoms with Crippen molar-refractivity contribution in [3.05, 3.63) is 38.4 Å². The molecule has 5 nitrogen and oxygen atoms in total. The monoisotopic (exact) mass is 344 g/mol. The maximum Gasteiger partial charge on any atom is 0.309 e. The zero-order valence-electron chi connectivity index (χ0n) is 11.1. The summed E-state index contributed by atoms with van der Waals surface area (Å²) in [5.41, 5.74) is 0.538. The van der Waals surface area contributed by atoms with Gasteiger partial charge in [-0.25, -0.2) is 9.56 Å². The number of carbonyl (C=O) groups excluding carboxylic acids is 2. The van der Waals surface area contributed by atoms with Gasteiger partial charge in [0.1, 0.15) is 0 Å². The van der Waals surface area contributed by atoms with E-state index in [9.17, 15) is 9.59 Å². The molecular formula is C13H10Cl2N2O3S. The molecule has 0 aliphatic carbocycles. The molecule has 0 saturated carbocycles. The number of aromatic nitrogens is 1. The van der Waals surface area contributed by atoms with Gasteiger partial charge in [0.05, 0.1) is 21.1 Å². The molecule has 0 saturated heterocycles. The van der Waals surface area contributed by atoms with Crippen molar-refractivity contribution in [2.24, 2.45) is 4.99 Å². The largest absolute Gasteiger partial charge is 0.408 e. The minimum Gasteiger partial charge on any atom is -0.408 e. The van der Waals surface area contributed by atoms with Gasteiger partial charge >= 0.3 is 5.97 Å². The van der Waals surface area contributed by atoms with Crippen LogP contribution in [0.2, 0.25) is 10.0 Å². The molecule has 1 aromatic carbocycles. The maximum atomic E-state index is 11.7. The molecule has 0 N–H and O–H groups in total. The summed E-state index contributed by atoms with van der Waals surface area (Å²) in [5, 5.41) is 2.32. The van der Waals surface area contributed by atoms with Crippen LogP contribution in [0.5, 0.6) is 5.88 Å². The van der Waals surface area contributed by atoms with E-state index in [4.69, 9.17) is 27.9 Å². The Bertz CT molecular complexity index is 780. The van der Waals surface area contributed by atoms with E-state index in [-0.39, 0.29) is 11.8 Å². The summed E-state index contributed by atoms with van der Waals surface area (Å²) in [4.78, 5) is 27.4. The topological polar surface area (TPSA) is 60.7 Å². The van der Waals surface area contributed by atoms with Crippen molar-refractivity contribution in [2.75, 3.05) is 0 Å². The van der Waals surface area contributed by atoms with Gasteiger partial charge in [0.15, 0.2) is 4.80 Å². The van der Waals surface area contributed by atoms with Crippen LogP contribution in [-0.4, -0.2) is 16.4 Å². The maximum absolute atomic E-state index is 11.7. The first-order valence-electron chi connectivity index (χ1n) is 5.78. The first-order chi connectivity index (χ1) is 9.88. The molecule has 110 valence electrons. The van der Waals surface area contributed by atoms with E-state index in [0.717, 1.165) is 0 Å². The summed E-state index contributed by atoms with van der Waals surface area (Å²) in [6.45, 7) is 2.62. The summed E-state index contributed by atoms with van der Waals surface area (Å²) < 4.78 is 6.19. The van der Waals surface area contributed by atoms with Crippen LogP contribution < -0.4 is 9.54 Å². The predicted octanol–water partition coefficient (Wildman–Crippen LogP) is 3.67. The minimum absolute atomic E-state index is 0.138. The molecule has 2 rings (SSSR count). The molecule has 0 aliphatic rings. The third-order valence-electron chi connectivity index (χ3n) is 2.37. The molecule has 0 aliphatic heterocycles. The van der Waals surface area contributed by atoms with E-state index in [0.29, 0.717) is 20.5 Å². The Morgan fingerprint density at radius 1 is 1.24 bits per heavy atom. The number of hydrogen-bond donors (Lipinski definition) is 0. The smallest absolute Gasteiger partial charge is 0.309 e. The highest BCUT2D eigenvalue weighted by atomic mass is 35.5. The molecule has 8 heteroatoms. The highest BCUT2D eigenvalue weighted by Crippen LogP contribution is 2.26. The molecule has 21 heavy (non-hydrogen) atoms. The quantitative estimate of drug-likeness (QED) is 0.780. The molecule has 1 heterocycles. The van der Waals surface area contributed by atoms with Gasteiger partial charge in [-0.15, -0.1) is 11.3 Å². The lowest BCUT2D eigenvalue weighted by Crippen LogP contribution is -2.22. The van der Waals surface area contributed by atoms with Crippen LogP contribution in [0, 0.1) is 0 Å². The molecule has 0 amide bonds. The van der Waals surface area contributed by atoms with Crippen molar-refractivity contribution in [3.63, 3.8) is 0 Å². The molecule has 1 aromatic heterocycles. The lowest BCUT2D eigenvalue weighted by atomic mass is 10.3. The van der Waals surface area contributed by atoms with Gasteiger partial charge in [-0.05, 0) is 18.2 Å². The van der Waals surface area contributed by atoms with E-state index in [1.165, 1.54) is 29.8 Å². The van der Waals surface area contributed by atoms with Crippen molar-refractivity contribution >= 4 is 52.1 Å². The Labute approximate surface area is 134 Å². The van der Waals surface area contributed by atoms with Crippen molar-refractivity contribution < 1.29 is 14.3 Å². The van der Waals surface area contributed by atoms with Crippen LogP contribution in [0.25, 0.3) is 0 Å². The predicted molar refractivity (Wildman–Crippen MR) is 81.6 cm³/mol. The standard InChI is InChI=1S/C13H10Cl2N2O3S/c1-7(18)17-12(20-8(2)19)6-21-13(17)16-9-3-4-10(14)11(15)5-9/h3-6H,1-2H3.